The lowest BCUT2D eigenvalue weighted by Crippen LogP contribution is -1.80. The van der Waals surface area contributed by atoms with Crippen LogP contribution in [-0.2, 0) is 0 Å². The van der Waals surface area contributed by atoms with E-state index in [0.717, 1.165) is 18.7 Å². The van der Waals surface area contributed by atoms with Gasteiger partial charge in [-0.25, -0.2) is 0 Å². The van der Waals surface area contributed by atoms with Crippen LogP contribution in [0, 0.1) is 0 Å². The van der Waals surface area contributed by atoms with Crippen molar-refractivity contribution in [2.75, 3.05) is 6.54 Å². The first-order valence-electron chi connectivity index (χ1n) is 2.71. The smallest absolute Gasteiger partial charge is 0.0818 e. The maximum Gasteiger partial charge on any atom is 0.0818 e. The van der Waals surface area contributed by atoms with Crippen LogP contribution < -0.4 is 0 Å². The molecule has 2 heterocycles. The molecule has 0 radical (unpaired) electrons. The van der Waals surface area contributed by atoms with Gasteiger partial charge in [0.05, 0.1) is 12.2 Å². The molecule has 0 aliphatic carbocycles. The first-order valence-corrected chi connectivity index (χ1v) is 2.71. The Bertz CT molecular complexity index is 179. The molecule has 40 valence electrons. The van der Waals surface area contributed by atoms with Crippen molar-refractivity contribution in [3.05, 3.63) is 11.3 Å². The fraction of sp³-hybridized carbons (Fsp3) is 0.333. The first kappa shape index (κ1) is 4.01. The van der Waals surface area contributed by atoms with Crippen LogP contribution >= 0.6 is 0 Å². The average molecular weight is 106 g/mol. The Morgan fingerprint density at radius 1 is 1.50 bits per heavy atom. The molecule has 2 nitrogen and oxygen atoms in total. The van der Waals surface area contributed by atoms with Gasteiger partial charge in [-0.3, -0.25) is 9.98 Å². The normalized spacial score (nSPS) is 23.0. The lowest BCUT2D eigenvalue weighted by Gasteiger charge is -1.84. The van der Waals surface area contributed by atoms with Gasteiger partial charge in [0.2, 0.25) is 0 Å². The number of hydrogen-bond donors (Lipinski definition) is 0. The van der Waals surface area contributed by atoms with Crippen molar-refractivity contribution >= 4 is 12.4 Å². The molecule has 0 spiro atoms. The number of rotatable bonds is 0. The molecule has 0 fully saturated rings. The van der Waals surface area contributed by atoms with E-state index in [0.29, 0.717) is 0 Å². The minimum Gasteiger partial charge on any atom is -0.286 e. The Morgan fingerprint density at radius 3 is 3.38 bits per heavy atom. The van der Waals surface area contributed by atoms with Crippen molar-refractivity contribution in [2.45, 2.75) is 6.42 Å². The summed E-state index contributed by atoms with van der Waals surface area (Å²) < 4.78 is 0. The highest BCUT2D eigenvalue weighted by Gasteiger charge is 2.11. The van der Waals surface area contributed by atoms with E-state index in [4.69, 9.17) is 0 Å². The summed E-state index contributed by atoms with van der Waals surface area (Å²) in [6.07, 6.45) is 4.81. The number of aliphatic imine (C=N–C) groups is 2. The van der Waals surface area contributed by atoms with E-state index >= 15 is 0 Å². The number of allylic oxidation sites excluding steroid dienone is 1. The van der Waals surface area contributed by atoms with E-state index in [1.807, 2.05) is 12.4 Å². The summed E-state index contributed by atoms with van der Waals surface area (Å²) in [7, 11) is 0. The minimum atomic E-state index is 0.884. The van der Waals surface area contributed by atoms with Gasteiger partial charge in [0.15, 0.2) is 0 Å². The van der Waals surface area contributed by atoms with Crippen LogP contribution in [0.25, 0.3) is 0 Å². The molecule has 0 unspecified atom stereocenters. The third-order valence-corrected chi connectivity index (χ3v) is 1.43. The van der Waals surface area contributed by atoms with Gasteiger partial charge in [-0.15, -0.1) is 0 Å². The Labute approximate surface area is 47.7 Å². The molecule has 0 amide bonds. The quantitative estimate of drug-likeness (QED) is 0.436. The van der Waals surface area contributed by atoms with Gasteiger partial charge < -0.3 is 0 Å². The Hall–Kier alpha value is -0.920. The Morgan fingerprint density at radius 2 is 2.50 bits per heavy atom. The van der Waals surface area contributed by atoms with E-state index in [2.05, 4.69) is 9.98 Å². The molecule has 0 bridgehead atoms. The number of hydrogen-bond acceptors (Lipinski definition) is 2. The minimum absolute atomic E-state index is 0.884. The molecule has 0 saturated heterocycles. The van der Waals surface area contributed by atoms with Crippen LogP contribution in [0.3, 0.4) is 0 Å². The van der Waals surface area contributed by atoms with Crippen LogP contribution in [0.15, 0.2) is 21.3 Å². The zero-order valence-electron chi connectivity index (χ0n) is 4.46. The van der Waals surface area contributed by atoms with Crippen molar-refractivity contribution < 1.29 is 0 Å². The summed E-state index contributed by atoms with van der Waals surface area (Å²) in [5.41, 5.74) is 2.48. The summed E-state index contributed by atoms with van der Waals surface area (Å²) in [4.78, 5) is 8.16. The molecule has 0 atom stereocenters. The van der Waals surface area contributed by atoms with Crippen LogP contribution in [0.2, 0.25) is 0 Å². The predicted molar refractivity (Wildman–Crippen MR) is 33.5 cm³/mol. The largest absolute Gasteiger partial charge is 0.286 e. The Kier molecular flexibility index (Phi) is 0.640. The zero-order chi connectivity index (χ0) is 5.40. The molecule has 2 heteroatoms. The van der Waals surface area contributed by atoms with Gasteiger partial charge in [0, 0.05) is 18.9 Å². The van der Waals surface area contributed by atoms with Gasteiger partial charge in [-0.1, -0.05) is 0 Å². The molecular formula is C6H6N2. The van der Waals surface area contributed by atoms with Gasteiger partial charge in [-0.05, 0) is 5.57 Å². The molecule has 8 heavy (non-hydrogen) atoms. The molecule has 2 aliphatic rings. The van der Waals surface area contributed by atoms with Crippen molar-refractivity contribution in [3.8, 4) is 0 Å². The third kappa shape index (κ3) is 0.372. The second-order valence-corrected chi connectivity index (χ2v) is 1.97. The van der Waals surface area contributed by atoms with Crippen molar-refractivity contribution in [1.82, 2.24) is 0 Å². The number of nitrogens with zero attached hydrogens (tertiary/aromatic N) is 2. The van der Waals surface area contributed by atoms with Gasteiger partial charge in [0.1, 0.15) is 0 Å². The van der Waals surface area contributed by atoms with E-state index in [1.165, 1.54) is 5.57 Å². The van der Waals surface area contributed by atoms with Crippen molar-refractivity contribution in [1.29, 1.82) is 0 Å². The summed E-state index contributed by atoms with van der Waals surface area (Å²) in [5.74, 6) is 0. The van der Waals surface area contributed by atoms with E-state index in [-0.39, 0.29) is 0 Å². The lowest BCUT2D eigenvalue weighted by molar-refractivity contribution is 1.14. The van der Waals surface area contributed by atoms with Gasteiger partial charge in [0.25, 0.3) is 0 Å². The van der Waals surface area contributed by atoms with E-state index in [1.54, 1.807) is 0 Å². The average Bonchev–Trinajstić information content (AvgIpc) is 2.15. The first-order chi connectivity index (χ1) is 3.97. The van der Waals surface area contributed by atoms with Crippen LogP contribution in [-0.4, -0.2) is 19.0 Å². The monoisotopic (exact) mass is 106 g/mol. The molecule has 2 rings (SSSR count). The van der Waals surface area contributed by atoms with Gasteiger partial charge in [-0.2, -0.15) is 0 Å². The second-order valence-electron chi connectivity index (χ2n) is 1.97. The van der Waals surface area contributed by atoms with Crippen molar-refractivity contribution in [2.24, 2.45) is 9.98 Å². The predicted octanol–water partition coefficient (Wildman–Crippen LogP) is 0.799. The van der Waals surface area contributed by atoms with Gasteiger partial charge >= 0.3 is 0 Å². The van der Waals surface area contributed by atoms with E-state index in [9.17, 15) is 0 Å². The fourth-order valence-corrected chi connectivity index (χ4v) is 0.963. The lowest BCUT2D eigenvalue weighted by atomic mass is 10.2. The highest BCUT2D eigenvalue weighted by molar-refractivity contribution is 5.89. The molecule has 2 aliphatic heterocycles. The van der Waals surface area contributed by atoms with Crippen LogP contribution in [0.1, 0.15) is 6.42 Å². The second kappa shape index (κ2) is 1.28. The molecular weight excluding hydrogens is 100 g/mol. The van der Waals surface area contributed by atoms with Crippen LogP contribution in [0.4, 0.5) is 0 Å². The molecule has 0 saturated carbocycles. The SMILES string of the molecule is C1=NCC2=C1N=CC2. The molecule has 0 aromatic carbocycles. The van der Waals surface area contributed by atoms with Crippen LogP contribution in [0.5, 0.6) is 0 Å². The molecule has 0 aromatic rings. The Balaban J connectivity index is 2.43. The third-order valence-electron chi connectivity index (χ3n) is 1.43. The maximum absolute atomic E-state index is 4.10. The van der Waals surface area contributed by atoms with Crippen molar-refractivity contribution in [3.63, 3.8) is 0 Å². The summed E-state index contributed by atoms with van der Waals surface area (Å²) >= 11 is 0. The zero-order valence-corrected chi connectivity index (χ0v) is 4.46. The molecule has 0 aromatic heterocycles. The summed E-state index contributed by atoms with van der Waals surface area (Å²) in [6.45, 7) is 0.884. The summed E-state index contributed by atoms with van der Waals surface area (Å²) in [6, 6.07) is 0. The van der Waals surface area contributed by atoms with E-state index < -0.39 is 0 Å². The fourth-order valence-electron chi connectivity index (χ4n) is 0.963. The summed E-state index contributed by atoms with van der Waals surface area (Å²) in [5, 5.41) is 0. The standard InChI is InChI=1S/C6H6N2/c1-2-8-6-4-7-3-5(1)6/h2,4H,1,3H2. The molecule has 0 N–H and O–H groups in total. The topological polar surface area (TPSA) is 24.7 Å². The maximum atomic E-state index is 4.10. The highest BCUT2D eigenvalue weighted by Crippen LogP contribution is 2.18. The highest BCUT2D eigenvalue weighted by atomic mass is 14.9.